The molecule has 0 bridgehead atoms. The smallest absolute Gasteiger partial charge is 0.196 e. The number of rotatable bonds is 4. The van der Waals surface area contributed by atoms with Crippen LogP contribution in [-0.4, -0.2) is 11.6 Å². The number of para-hydroxylation sites is 2. The van der Waals surface area contributed by atoms with E-state index >= 15 is 0 Å². The summed E-state index contributed by atoms with van der Waals surface area (Å²) in [6, 6.07) is 29.9. The van der Waals surface area contributed by atoms with Gasteiger partial charge in [-0.1, -0.05) is 60.7 Å². The minimum atomic E-state index is -0.157. The predicted molar refractivity (Wildman–Crippen MR) is 119 cm³/mol. The molecule has 1 aliphatic carbocycles. The zero-order valence-electron chi connectivity index (χ0n) is 16.1. The van der Waals surface area contributed by atoms with Crippen LogP contribution in [0.5, 0.6) is 0 Å². The van der Waals surface area contributed by atoms with Crippen molar-refractivity contribution in [1.29, 1.82) is 0 Å². The number of hydrogen-bond donors (Lipinski definition) is 2. The maximum Gasteiger partial charge on any atom is 0.196 e. The number of benzene rings is 4. The van der Waals surface area contributed by atoms with Crippen molar-refractivity contribution in [2.75, 3.05) is 10.6 Å². The predicted octanol–water partition coefficient (Wildman–Crippen LogP) is 5.95. The van der Waals surface area contributed by atoms with Crippen molar-refractivity contribution in [2.24, 2.45) is 0 Å². The largest absolute Gasteiger partial charge is 0.355 e. The topological polar surface area (TPSA) is 58.2 Å². The van der Waals surface area contributed by atoms with Gasteiger partial charge in [-0.15, -0.1) is 0 Å². The van der Waals surface area contributed by atoms with Crippen LogP contribution in [0.25, 0.3) is 0 Å². The number of nitrogens with one attached hydrogen (secondary N) is 2. The standard InChI is InChI=1S/C26H18N2O2/c29-25-19-13-7-8-14-20(19)26(30)24-22(28-18-11-5-2-6-12-18)16-15-21(23(24)25)27-17-9-3-1-4-10-17/h1-16,27-28H. The van der Waals surface area contributed by atoms with Crippen LogP contribution in [0.2, 0.25) is 0 Å². The van der Waals surface area contributed by atoms with Gasteiger partial charge in [0, 0.05) is 22.5 Å². The van der Waals surface area contributed by atoms with E-state index in [1.165, 1.54) is 0 Å². The Morgan fingerprint density at radius 1 is 0.433 bits per heavy atom. The van der Waals surface area contributed by atoms with Crippen molar-refractivity contribution in [3.05, 3.63) is 119 Å². The van der Waals surface area contributed by atoms with Gasteiger partial charge in [-0.3, -0.25) is 9.59 Å². The lowest BCUT2D eigenvalue weighted by atomic mass is 9.82. The Morgan fingerprint density at radius 2 is 0.800 bits per heavy atom. The highest BCUT2D eigenvalue weighted by Crippen LogP contribution is 2.38. The maximum absolute atomic E-state index is 13.4. The van der Waals surface area contributed by atoms with Gasteiger partial charge in [-0.2, -0.15) is 0 Å². The van der Waals surface area contributed by atoms with Crippen molar-refractivity contribution in [3.8, 4) is 0 Å². The summed E-state index contributed by atoms with van der Waals surface area (Å²) in [5.74, 6) is -0.314. The highest BCUT2D eigenvalue weighted by Gasteiger charge is 2.33. The lowest BCUT2D eigenvalue weighted by Gasteiger charge is -2.24. The van der Waals surface area contributed by atoms with Gasteiger partial charge in [0.05, 0.1) is 22.5 Å². The van der Waals surface area contributed by atoms with Gasteiger partial charge >= 0.3 is 0 Å². The molecule has 30 heavy (non-hydrogen) atoms. The number of anilines is 4. The summed E-state index contributed by atoms with van der Waals surface area (Å²) in [6.45, 7) is 0. The van der Waals surface area contributed by atoms with E-state index in [1.54, 1.807) is 24.3 Å². The van der Waals surface area contributed by atoms with Gasteiger partial charge in [0.1, 0.15) is 0 Å². The highest BCUT2D eigenvalue weighted by molar-refractivity contribution is 6.32. The molecule has 0 saturated heterocycles. The van der Waals surface area contributed by atoms with E-state index < -0.39 is 0 Å². The average molecular weight is 390 g/mol. The molecule has 1 aliphatic rings. The fourth-order valence-electron chi connectivity index (χ4n) is 3.79. The normalized spacial score (nSPS) is 12.1. The second-order valence-corrected chi connectivity index (χ2v) is 7.10. The van der Waals surface area contributed by atoms with Crippen LogP contribution in [0.3, 0.4) is 0 Å². The van der Waals surface area contributed by atoms with E-state index in [0.717, 1.165) is 11.4 Å². The van der Waals surface area contributed by atoms with Gasteiger partial charge in [0.25, 0.3) is 0 Å². The molecule has 0 fully saturated rings. The molecule has 0 saturated carbocycles. The molecule has 144 valence electrons. The Balaban J connectivity index is 1.69. The third-order valence-corrected chi connectivity index (χ3v) is 5.18. The van der Waals surface area contributed by atoms with Crippen molar-refractivity contribution in [3.63, 3.8) is 0 Å². The van der Waals surface area contributed by atoms with Gasteiger partial charge in [-0.25, -0.2) is 0 Å². The van der Waals surface area contributed by atoms with Crippen molar-refractivity contribution in [1.82, 2.24) is 0 Å². The van der Waals surface area contributed by atoms with E-state index in [2.05, 4.69) is 10.6 Å². The molecule has 4 heteroatoms. The van der Waals surface area contributed by atoms with Crippen molar-refractivity contribution in [2.45, 2.75) is 0 Å². The zero-order chi connectivity index (χ0) is 20.5. The Bertz CT molecular complexity index is 1170. The molecule has 5 rings (SSSR count). The Morgan fingerprint density at radius 3 is 1.20 bits per heavy atom. The second kappa shape index (κ2) is 7.33. The summed E-state index contributed by atoms with van der Waals surface area (Å²) in [6.07, 6.45) is 0. The molecule has 0 unspecified atom stereocenters. The summed E-state index contributed by atoms with van der Waals surface area (Å²) >= 11 is 0. The first-order chi connectivity index (χ1) is 14.7. The quantitative estimate of drug-likeness (QED) is 0.398. The molecule has 4 aromatic carbocycles. The first-order valence-corrected chi connectivity index (χ1v) is 9.72. The molecular formula is C26H18N2O2. The summed E-state index contributed by atoms with van der Waals surface area (Å²) in [5.41, 5.74) is 4.58. The Kier molecular flexibility index (Phi) is 4.37. The number of carbonyl (C=O) groups is 2. The third kappa shape index (κ3) is 3.05. The maximum atomic E-state index is 13.4. The van der Waals surface area contributed by atoms with Gasteiger partial charge in [0.15, 0.2) is 11.6 Å². The lowest BCUT2D eigenvalue weighted by molar-refractivity contribution is 0.0980. The second-order valence-electron chi connectivity index (χ2n) is 7.10. The van der Waals surface area contributed by atoms with E-state index in [1.807, 2.05) is 72.8 Å². The molecule has 0 spiro atoms. The number of ketones is 2. The van der Waals surface area contributed by atoms with Crippen molar-refractivity contribution >= 4 is 34.3 Å². The fraction of sp³-hybridized carbons (Fsp3) is 0. The first kappa shape index (κ1) is 17.9. The summed E-state index contributed by atoms with van der Waals surface area (Å²) in [4.78, 5) is 26.9. The Hall–Kier alpha value is -4.18. The van der Waals surface area contributed by atoms with Gasteiger partial charge < -0.3 is 10.6 Å². The Labute approximate surface area is 174 Å². The van der Waals surface area contributed by atoms with Crippen LogP contribution in [0.4, 0.5) is 22.7 Å². The zero-order valence-corrected chi connectivity index (χ0v) is 16.1. The minimum absolute atomic E-state index is 0.157. The summed E-state index contributed by atoms with van der Waals surface area (Å²) in [7, 11) is 0. The van der Waals surface area contributed by atoms with Crippen LogP contribution >= 0.6 is 0 Å². The number of carbonyl (C=O) groups excluding carboxylic acids is 2. The van der Waals surface area contributed by atoms with Crippen LogP contribution in [0.1, 0.15) is 31.8 Å². The monoisotopic (exact) mass is 390 g/mol. The molecule has 0 aromatic heterocycles. The first-order valence-electron chi connectivity index (χ1n) is 9.72. The lowest BCUT2D eigenvalue weighted by Crippen LogP contribution is -2.23. The van der Waals surface area contributed by atoms with E-state index in [0.29, 0.717) is 33.6 Å². The summed E-state index contributed by atoms with van der Waals surface area (Å²) in [5, 5.41) is 6.61. The molecule has 0 atom stereocenters. The molecule has 0 amide bonds. The van der Waals surface area contributed by atoms with Crippen LogP contribution in [0, 0.1) is 0 Å². The highest BCUT2D eigenvalue weighted by atomic mass is 16.1. The van der Waals surface area contributed by atoms with E-state index in [-0.39, 0.29) is 11.6 Å². The molecule has 4 aromatic rings. The molecular weight excluding hydrogens is 372 g/mol. The SMILES string of the molecule is O=C1c2ccccc2C(=O)c2c(Nc3ccccc3)ccc(Nc3ccccc3)c21. The molecule has 2 N–H and O–H groups in total. The number of fused-ring (bicyclic) bond motifs is 2. The third-order valence-electron chi connectivity index (χ3n) is 5.18. The molecule has 0 aliphatic heterocycles. The average Bonchev–Trinajstić information content (AvgIpc) is 2.80. The van der Waals surface area contributed by atoms with Crippen molar-refractivity contribution < 1.29 is 9.59 Å². The van der Waals surface area contributed by atoms with Gasteiger partial charge in [-0.05, 0) is 36.4 Å². The summed E-state index contributed by atoms with van der Waals surface area (Å²) < 4.78 is 0. The van der Waals surface area contributed by atoms with E-state index in [9.17, 15) is 9.59 Å². The van der Waals surface area contributed by atoms with Crippen LogP contribution < -0.4 is 10.6 Å². The van der Waals surface area contributed by atoms with E-state index in [4.69, 9.17) is 0 Å². The molecule has 0 radical (unpaired) electrons. The van der Waals surface area contributed by atoms with Gasteiger partial charge in [0.2, 0.25) is 0 Å². The molecule has 0 heterocycles. The van der Waals surface area contributed by atoms with Crippen LogP contribution in [-0.2, 0) is 0 Å². The minimum Gasteiger partial charge on any atom is -0.355 e. The fourth-order valence-corrected chi connectivity index (χ4v) is 3.79. The molecule has 4 nitrogen and oxygen atoms in total. The number of hydrogen-bond acceptors (Lipinski definition) is 4. The van der Waals surface area contributed by atoms with Crippen LogP contribution in [0.15, 0.2) is 97.1 Å².